The molecular formula is C13H9BrF3NO. The Kier molecular flexibility index (Phi) is 3.80. The molecule has 0 spiro atoms. The second-order valence-electron chi connectivity index (χ2n) is 3.92. The summed E-state index contributed by atoms with van der Waals surface area (Å²) >= 11 is 3.29. The molecule has 0 bridgehead atoms. The lowest BCUT2D eigenvalue weighted by Gasteiger charge is -2.10. The topological polar surface area (TPSA) is 22.1 Å². The molecular weight excluding hydrogens is 323 g/mol. The van der Waals surface area contributed by atoms with Crippen molar-refractivity contribution in [1.82, 2.24) is 4.98 Å². The predicted octanol–water partition coefficient (Wildman–Crippen LogP) is 4.96. The number of halogens is 4. The molecule has 0 aliphatic heterocycles. The van der Waals surface area contributed by atoms with Crippen LogP contribution >= 0.6 is 15.9 Å². The normalized spacial score (nSPS) is 11.4. The Hall–Kier alpha value is -1.56. The molecule has 0 N–H and O–H groups in total. The second kappa shape index (κ2) is 5.21. The van der Waals surface area contributed by atoms with Gasteiger partial charge in [0.05, 0.1) is 10.0 Å². The summed E-state index contributed by atoms with van der Waals surface area (Å²) in [4.78, 5) is 3.77. The highest BCUT2D eigenvalue weighted by molar-refractivity contribution is 9.10. The summed E-state index contributed by atoms with van der Waals surface area (Å²) in [6, 6.07) is 7.04. The van der Waals surface area contributed by atoms with Gasteiger partial charge in [0.15, 0.2) is 0 Å². The van der Waals surface area contributed by atoms with E-state index in [9.17, 15) is 13.2 Å². The molecule has 0 radical (unpaired) electrons. The summed E-state index contributed by atoms with van der Waals surface area (Å²) in [6.07, 6.45) is -3.34. The van der Waals surface area contributed by atoms with E-state index >= 15 is 0 Å². The highest BCUT2D eigenvalue weighted by Gasteiger charge is 2.31. The van der Waals surface area contributed by atoms with E-state index in [1.807, 2.05) is 13.0 Å². The fourth-order valence-corrected chi connectivity index (χ4v) is 2.02. The number of nitrogens with zero attached hydrogens (tertiary/aromatic N) is 1. The van der Waals surface area contributed by atoms with Crippen molar-refractivity contribution in [2.24, 2.45) is 0 Å². The first-order chi connectivity index (χ1) is 8.86. The molecule has 6 heteroatoms. The monoisotopic (exact) mass is 331 g/mol. The van der Waals surface area contributed by atoms with Gasteiger partial charge in [-0.05, 0) is 46.6 Å². The average Bonchev–Trinajstić information content (AvgIpc) is 2.32. The van der Waals surface area contributed by atoms with Gasteiger partial charge in [-0.25, -0.2) is 4.98 Å². The highest BCUT2D eigenvalue weighted by atomic mass is 79.9. The Morgan fingerprint density at radius 1 is 1.16 bits per heavy atom. The first-order valence-corrected chi connectivity index (χ1v) is 6.13. The molecule has 0 saturated heterocycles. The first kappa shape index (κ1) is 13.9. The summed E-state index contributed by atoms with van der Waals surface area (Å²) < 4.78 is 43.6. The molecule has 0 fully saturated rings. The van der Waals surface area contributed by atoms with E-state index in [2.05, 4.69) is 20.9 Å². The van der Waals surface area contributed by atoms with E-state index < -0.39 is 11.7 Å². The fourth-order valence-electron chi connectivity index (χ4n) is 1.44. The van der Waals surface area contributed by atoms with E-state index in [0.717, 1.165) is 23.9 Å². The maximum absolute atomic E-state index is 12.5. The lowest BCUT2D eigenvalue weighted by atomic mass is 10.2. The van der Waals surface area contributed by atoms with E-state index in [-0.39, 0.29) is 5.88 Å². The number of rotatable bonds is 2. The van der Waals surface area contributed by atoms with E-state index in [1.165, 1.54) is 0 Å². The van der Waals surface area contributed by atoms with Crippen molar-refractivity contribution < 1.29 is 17.9 Å². The molecule has 0 aliphatic rings. The van der Waals surface area contributed by atoms with Crippen molar-refractivity contribution in [3.8, 4) is 11.6 Å². The van der Waals surface area contributed by atoms with Gasteiger partial charge in [-0.1, -0.05) is 6.07 Å². The van der Waals surface area contributed by atoms with Crippen LogP contribution in [0.5, 0.6) is 11.6 Å². The predicted molar refractivity (Wildman–Crippen MR) is 68.2 cm³/mol. The van der Waals surface area contributed by atoms with Gasteiger partial charge in [0.25, 0.3) is 0 Å². The van der Waals surface area contributed by atoms with Crippen molar-refractivity contribution >= 4 is 15.9 Å². The zero-order valence-corrected chi connectivity index (χ0v) is 11.4. The Bertz CT molecular complexity index is 599. The van der Waals surface area contributed by atoms with Crippen molar-refractivity contribution in [3.63, 3.8) is 0 Å². The molecule has 0 unspecified atom stereocenters. The smallest absolute Gasteiger partial charge is 0.416 e. The van der Waals surface area contributed by atoms with Crippen molar-refractivity contribution in [3.05, 3.63) is 52.1 Å². The molecule has 1 heterocycles. The van der Waals surface area contributed by atoms with Gasteiger partial charge >= 0.3 is 6.18 Å². The maximum atomic E-state index is 12.5. The minimum Gasteiger partial charge on any atom is -0.438 e. The van der Waals surface area contributed by atoms with E-state index in [1.54, 1.807) is 12.1 Å². The van der Waals surface area contributed by atoms with Gasteiger partial charge in [-0.2, -0.15) is 13.2 Å². The van der Waals surface area contributed by atoms with Gasteiger partial charge in [-0.15, -0.1) is 0 Å². The number of aromatic nitrogens is 1. The minimum absolute atomic E-state index is 0.0978. The number of hydrogen-bond acceptors (Lipinski definition) is 2. The van der Waals surface area contributed by atoms with Crippen LogP contribution in [0.1, 0.15) is 11.1 Å². The van der Waals surface area contributed by atoms with Gasteiger partial charge in [0.1, 0.15) is 5.75 Å². The third kappa shape index (κ3) is 3.47. The maximum Gasteiger partial charge on any atom is 0.416 e. The molecule has 1 aromatic carbocycles. The van der Waals surface area contributed by atoms with E-state index in [0.29, 0.717) is 10.2 Å². The average molecular weight is 332 g/mol. The van der Waals surface area contributed by atoms with Crippen molar-refractivity contribution in [2.75, 3.05) is 0 Å². The van der Waals surface area contributed by atoms with Crippen LogP contribution in [0, 0.1) is 6.92 Å². The molecule has 0 saturated carbocycles. The van der Waals surface area contributed by atoms with Gasteiger partial charge in [0.2, 0.25) is 5.88 Å². The van der Waals surface area contributed by atoms with Gasteiger partial charge in [0, 0.05) is 12.3 Å². The molecule has 2 rings (SSSR count). The van der Waals surface area contributed by atoms with Crippen LogP contribution in [-0.4, -0.2) is 4.98 Å². The number of ether oxygens (including phenoxy) is 1. The first-order valence-electron chi connectivity index (χ1n) is 5.33. The third-order valence-corrected chi connectivity index (χ3v) is 2.98. The fraction of sp³-hybridized carbons (Fsp3) is 0.154. The zero-order chi connectivity index (χ0) is 14.0. The number of pyridine rings is 1. The van der Waals surface area contributed by atoms with Crippen LogP contribution < -0.4 is 4.74 Å². The lowest BCUT2D eigenvalue weighted by molar-refractivity contribution is -0.137. The third-order valence-electron chi connectivity index (χ3n) is 2.36. The SMILES string of the molecule is Cc1ccc(Oc2cc(C(F)(F)F)ccn2)c(Br)c1. The van der Waals surface area contributed by atoms with Crippen LogP contribution in [0.3, 0.4) is 0 Å². The lowest BCUT2D eigenvalue weighted by Crippen LogP contribution is -2.05. The minimum atomic E-state index is -4.41. The summed E-state index contributed by atoms with van der Waals surface area (Å²) in [6.45, 7) is 1.90. The highest BCUT2D eigenvalue weighted by Crippen LogP contribution is 2.33. The van der Waals surface area contributed by atoms with Crippen LogP contribution in [0.25, 0.3) is 0 Å². The van der Waals surface area contributed by atoms with Crippen LogP contribution in [-0.2, 0) is 6.18 Å². The van der Waals surface area contributed by atoms with E-state index in [4.69, 9.17) is 4.74 Å². The molecule has 100 valence electrons. The Morgan fingerprint density at radius 3 is 2.53 bits per heavy atom. The second-order valence-corrected chi connectivity index (χ2v) is 4.77. The van der Waals surface area contributed by atoms with Crippen LogP contribution in [0.15, 0.2) is 41.0 Å². The van der Waals surface area contributed by atoms with Gasteiger partial charge < -0.3 is 4.74 Å². The van der Waals surface area contributed by atoms with Crippen molar-refractivity contribution in [1.29, 1.82) is 0 Å². The zero-order valence-electron chi connectivity index (χ0n) is 9.83. The molecule has 2 aromatic rings. The number of aryl methyl sites for hydroxylation is 1. The summed E-state index contributed by atoms with van der Waals surface area (Å²) in [5, 5.41) is 0. The van der Waals surface area contributed by atoms with Crippen LogP contribution in [0.2, 0.25) is 0 Å². The Morgan fingerprint density at radius 2 is 1.89 bits per heavy atom. The Labute approximate surface area is 116 Å². The summed E-state index contributed by atoms with van der Waals surface area (Å²) in [7, 11) is 0. The number of alkyl halides is 3. The molecule has 1 aromatic heterocycles. The molecule has 0 aliphatic carbocycles. The van der Waals surface area contributed by atoms with Gasteiger partial charge in [-0.3, -0.25) is 0 Å². The van der Waals surface area contributed by atoms with Crippen molar-refractivity contribution in [2.45, 2.75) is 13.1 Å². The summed E-state index contributed by atoms with van der Waals surface area (Å²) in [5.41, 5.74) is 0.219. The Balaban J connectivity index is 2.29. The largest absolute Gasteiger partial charge is 0.438 e. The standard InChI is InChI=1S/C13H9BrF3NO/c1-8-2-3-11(10(14)6-8)19-12-7-9(4-5-18-12)13(15,16)17/h2-7H,1H3. The molecule has 0 amide bonds. The number of benzene rings is 1. The molecule has 2 nitrogen and oxygen atoms in total. The van der Waals surface area contributed by atoms with Crippen LogP contribution in [0.4, 0.5) is 13.2 Å². The molecule has 0 atom stereocenters. The molecule has 19 heavy (non-hydrogen) atoms. The summed E-state index contributed by atoms with van der Waals surface area (Å²) in [5.74, 6) is 0.316. The number of hydrogen-bond donors (Lipinski definition) is 0. The quantitative estimate of drug-likeness (QED) is 0.775.